The molecule has 0 aliphatic carbocycles. The van der Waals surface area contributed by atoms with Crippen molar-refractivity contribution in [3.63, 3.8) is 0 Å². The van der Waals surface area contributed by atoms with E-state index in [-0.39, 0.29) is 6.61 Å². The van der Waals surface area contributed by atoms with E-state index in [4.69, 9.17) is 15.2 Å². The summed E-state index contributed by atoms with van der Waals surface area (Å²) in [5.74, 6) is 1.52. The molecule has 4 nitrogen and oxygen atoms in total. The lowest BCUT2D eigenvalue weighted by atomic mass is 9.90. The second-order valence-electron chi connectivity index (χ2n) is 7.15. The molecule has 0 saturated heterocycles. The maximum absolute atomic E-state index is 9.45. The van der Waals surface area contributed by atoms with E-state index in [2.05, 4.69) is 30.3 Å². The number of aliphatic hydroxyl groups excluding tert-OH is 1. The molecule has 0 amide bonds. The molecule has 0 fully saturated rings. The summed E-state index contributed by atoms with van der Waals surface area (Å²) in [5, 5.41) is 9.45. The van der Waals surface area contributed by atoms with Gasteiger partial charge in [-0.2, -0.15) is 0 Å². The molecular weight excluding hydrogens is 338 g/mol. The molecule has 3 N–H and O–H groups in total. The highest BCUT2D eigenvalue weighted by atomic mass is 16.5. The third-order valence-corrected chi connectivity index (χ3v) is 5.12. The van der Waals surface area contributed by atoms with Gasteiger partial charge in [0.2, 0.25) is 0 Å². The molecule has 0 spiro atoms. The fourth-order valence-corrected chi connectivity index (χ4v) is 3.01. The summed E-state index contributed by atoms with van der Waals surface area (Å²) in [6.07, 6.45) is 5.47. The van der Waals surface area contributed by atoms with Gasteiger partial charge in [0.1, 0.15) is 0 Å². The maximum atomic E-state index is 9.45. The van der Waals surface area contributed by atoms with Gasteiger partial charge >= 0.3 is 0 Å². The van der Waals surface area contributed by atoms with Gasteiger partial charge in [0.25, 0.3) is 0 Å². The Hall–Kier alpha value is -2.04. The van der Waals surface area contributed by atoms with Crippen LogP contribution in [0.2, 0.25) is 0 Å². The van der Waals surface area contributed by atoms with Crippen molar-refractivity contribution in [2.45, 2.75) is 51.0 Å². The molecule has 1 unspecified atom stereocenters. The van der Waals surface area contributed by atoms with E-state index in [1.54, 1.807) is 7.11 Å². The molecule has 0 aromatic heterocycles. The predicted molar refractivity (Wildman–Crippen MR) is 110 cm³/mol. The van der Waals surface area contributed by atoms with Crippen molar-refractivity contribution in [2.24, 2.45) is 5.73 Å². The lowest BCUT2D eigenvalue weighted by Crippen LogP contribution is -2.43. The highest BCUT2D eigenvalue weighted by Gasteiger charge is 2.21. The second kappa shape index (κ2) is 11.0. The topological polar surface area (TPSA) is 64.7 Å². The summed E-state index contributed by atoms with van der Waals surface area (Å²) in [4.78, 5) is 0. The zero-order valence-electron chi connectivity index (χ0n) is 16.6. The van der Waals surface area contributed by atoms with Crippen molar-refractivity contribution in [1.82, 2.24) is 0 Å². The van der Waals surface area contributed by atoms with Crippen LogP contribution in [-0.2, 0) is 12.8 Å². The number of ether oxygens (including phenoxy) is 2. The predicted octanol–water partition coefficient (Wildman–Crippen LogP) is 4.13. The van der Waals surface area contributed by atoms with E-state index >= 15 is 0 Å². The summed E-state index contributed by atoms with van der Waals surface area (Å²) in [6.45, 7) is 2.69. The third kappa shape index (κ3) is 6.89. The minimum absolute atomic E-state index is 0.00477. The van der Waals surface area contributed by atoms with E-state index in [0.717, 1.165) is 55.6 Å². The fraction of sp³-hybridized carbons (Fsp3) is 0.478. The highest BCUT2D eigenvalue weighted by molar-refractivity contribution is 5.43. The third-order valence-electron chi connectivity index (χ3n) is 5.12. The summed E-state index contributed by atoms with van der Waals surface area (Å²) in [7, 11) is 1.66. The number of methoxy groups -OCH3 is 1. The van der Waals surface area contributed by atoms with Gasteiger partial charge < -0.3 is 20.3 Å². The molecule has 2 aromatic carbocycles. The molecule has 0 bridgehead atoms. The molecule has 4 heteroatoms. The largest absolute Gasteiger partial charge is 0.493 e. The summed E-state index contributed by atoms with van der Waals surface area (Å²) in [5.41, 5.74) is 8.17. The van der Waals surface area contributed by atoms with Gasteiger partial charge in [-0.3, -0.25) is 0 Å². The zero-order chi connectivity index (χ0) is 19.5. The SMILES string of the molecule is CCC(N)(CO)CCc1ccc(OCCCCc2ccccc2)c(OC)c1. The number of rotatable bonds is 12. The molecule has 2 aromatic rings. The van der Waals surface area contributed by atoms with Gasteiger partial charge in [0.15, 0.2) is 11.5 Å². The molecule has 0 aliphatic heterocycles. The van der Waals surface area contributed by atoms with Crippen molar-refractivity contribution < 1.29 is 14.6 Å². The van der Waals surface area contributed by atoms with Crippen molar-refractivity contribution in [3.8, 4) is 11.5 Å². The number of aliphatic hydroxyl groups is 1. The van der Waals surface area contributed by atoms with E-state index < -0.39 is 5.54 Å². The average molecular weight is 372 g/mol. The Morgan fingerprint density at radius 2 is 1.74 bits per heavy atom. The van der Waals surface area contributed by atoms with Gasteiger partial charge in [0.05, 0.1) is 20.3 Å². The Morgan fingerprint density at radius 1 is 0.963 bits per heavy atom. The highest BCUT2D eigenvalue weighted by Crippen LogP contribution is 2.29. The summed E-state index contributed by atoms with van der Waals surface area (Å²) < 4.78 is 11.4. The van der Waals surface area contributed by atoms with Crippen LogP contribution in [0.25, 0.3) is 0 Å². The number of hydrogen-bond donors (Lipinski definition) is 2. The van der Waals surface area contributed by atoms with Crippen molar-refractivity contribution >= 4 is 0 Å². The first-order chi connectivity index (χ1) is 13.1. The van der Waals surface area contributed by atoms with Gasteiger partial charge in [-0.15, -0.1) is 0 Å². The monoisotopic (exact) mass is 371 g/mol. The van der Waals surface area contributed by atoms with Crippen LogP contribution in [-0.4, -0.2) is 31.0 Å². The van der Waals surface area contributed by atoms with Crippen LogP contribution in [0, 0.1) is 0 Å². The van der Waals surface area contributed by atoms with Crippen LogP contribution in [0.3, 0.4) is 0 Å². The van der Waals surface area contributed by atoms with Crippen molar-refractivity contribution in [1.29, 1.82) is 0 Å². The van der Waals surface area contributed by atoms with Crippen LogP contribution in [0.5, 0.6) is 11.5 Å². The smallest absolute Gasteiger partial charge is 0.161 e. The van der Waals surface area contributed by atoms with E-state index in [0.29, 0.717) is 6.61 Å². The number of hydrogen-bond acceptors (Lipinski definition) is 4. The van der Waals surface area contributed by atoms with Crippen molar-refractivity contribution in [2.75, 3.05) is 20.3 Å². The van der Waals surface area contributed by atoms with Crippen LogP contribution >= 0.6 is 0 Å². The lowest BCUT2D eigenvalue weighted by Gasteiger charge is -2.25. The number of unbranched alkanes of at least 4 members (excludes halogenated alkanes) is 1. The van der Waals surface area contributed by atoms with Gasteiger partial charge in [-0.1, -0.05) is 43.3 Å². The normalized spacial score (nSPS) is 13.2. The van der Waals surface area contributed by atoms with Gasteiger partial charge in [-0.05, 0) is 61.8 Å². The first-order valence-corrected chi connectivity index (χ1v) is 9.83. The standard InChI is InChI=1S/C23H33NO3/c1-3-23(24,18-25)15-14-20-12-13-21(22(17-20)26-2)27-16-8-7-11-19-9-5-4-6-10-19/h4-6,9-10,12-13,17,25H,3,7-8,11,14-16,18,24H2,1-2H3. The second-order valence-corrected chi connectivity index (χ2v) is 7.15. The molecular formula is C23H33NO3. The average Bonchev–Trinajstić information content (AvgIpc) is 2.73. The van der Waals surface area contributed by atoms with E-state index in [9.17, 15) is 5.11 Å². The molecule has 0 aliphatic rings. The van der Waals surface area contributed by atoms with Crippen LogP contribution < -0.4 is 15.2 Å². The van der Waals surface area contributed by atoms with Crippen LogP contribution in [0.15, 0.2) is 48.5 Å². The molecule has 2 rings (SSSR count). The van der Waals surface area contributed by atoms with Crippen LogP contribution in [0.4, 0.5) is 0 Å². The molecule has 148 valence electrons. The summed E-state index contributed by atoms with van der Waals surface area (Å²) >= 11 is 0. The van der Waals surface area contributed by atoms with Gasteiger partial charge in [0, 0.05) is 5.54 Å². The number of benzene rings is 2. The maximum Gasteiger partial charge on any atom is 0.161 e. The van der Waals surface area contributed by atoms with Crippen molar-refractivity contribution in [3.05, 3.63) is 59.7 Å². The first kappa shape index (κ1) is 21.3. The number of aryl methyl sites for hydroxylation is 2. The Balaban J connectivity index is 1.81. The van der Waals surface area contributed by atoms with E-state index in [1.807, 2.05) is 25.1 Å². The Bertz CT molecular complexity index is 669. The number of nitrogens with two attached hydrogens (primary N) is 1. The minimum Gasteiger partial charge on any atom is -0.493 e. The van der Waals surface area contributed by atoms with Gasteiger partial charge in [-0.25, -0.2) is 0 Å². The zero-order valence-corrected chi connectivity index (χ0v) is 16.6. The molecule has 0 saturated carbocycles. The van der Waals surface area contributed by atoms with Crippen LogP contribution in [0.1, 0.15) is 43.7 Å². The first-order valence-electron chi connectivity index (χ1n) is 9.83. The lowest BCUT2D eigenvalue weighted by molar-refractivity contribution is 0.183. The minimum atomic E-state index is -0.513. The quantitative estimate of drug-likeness (QED) is 0.551. The Labute approximate surface area is 163 Å². The molecule has 0 heterocycles. The Morgan fingerprint density at radius 3 is 2.41 bits per heavy atom. The Kier molecular flexibility index (Phi) is 8.62. The summed E-state index contributed by atoms with van der Waals surface area (Å²) in [6, 6.07) is 16.5. The molecule has 27 heavy (non-hydrogen) atoms. The fourth-order valence-electron chi connectivity index (χ4n) is 3.01. The molecule has 1 atom stereocenters. The van der Waals surface area contributed by atoms with E-state index in [1.165, 1.54) is 5.56 Å². The molecule has 0 radical (unpaired) electrons.